The Hall–Kier alpha value is -3.48. The van der Waals surface area contributed by atoms with Gasteiger partial charge in [-0.15, -0.1) is 0 Å². The SMILES string of the molecule is CC(=O)C(=N)c1ccccc1NCC(=O)N1CCCC1C(=O)NC1CC1c1ccccc1. The molecule has 3 atom stereocenters. The molecule has 1 saturated heterocycles. The second-order valence-corrected chi connectivity index (χ2v) is 8.44. The number of hydrogen-bond donors (Lipinski definition) is 3. The number of carbonyl (C=O) groups is 3. The molecule has 7 heteroatoms. The highest BCUT2D eigenvalue weighted by molar-refractivity contribution is 6.45. The highest BCUT2D eigenvalue weighted by Gasteiger charge is 2.42. The summed E-state index contributed by atoms with van der Waals surface area (Å²) in [4.78, 5) is 39.0. The number of amides is 2. The Labute approximate surface area is 187 Å². The van der Waals surface area contributed by atoms with E-state index in [-0.39, 0.29) is 35.9 Å². The molecule has 0 spiro atoms. The van der Waals surface area contributed by atoms with Crippen LogP contribution < -0.4 is 10.6 Å². The number of ketones is 1. The Bertz CT molecular complexity index is 1040. The third kappa shape index (κ3) is 4.72. The highest BCUT2D eigenvalue weighted by Crippen LogP contribution is 2.40. The molecule has 166 valence electrons. The smallest absolute Gasteiger partial charge is 0.243 e. The van der Waals surface area contributed by atoms with Crippen LogP contribution in [0.1, 0.15) is 43.2 Å². The number of anilines is 1. The van der Waals surface area contributed by atoms with Gasteiger partial charge in [0, 0.05) is 36.7 Å². The minimum absolute atomic E-state index is 0.00203. The summed E-state index contributed by atoms with van der Waals surface area (Å²) >= 11 is 0. The lowest BCUT2D eigenvalue weighted by molar-refractivity contribution is -0.137. The fourth-order valence-electron chi connectivity index (χ4n) is 4.36. The number of rotatable bonds is 8. The standard InChI is InChI=1S/C25H28N4O3/c1-16(30)24(26)18-10-5-6-11-20(18)27-15-23(31)29-13-7-12-22(29)25(32)28-21-14-19(21)17-8-3-2-4-9-17/h2-6,8-11,19,21-22,26-27H,7,12-15H2,1H3,(H,28,32). The first-order valence-corrected chi connectivity index (χ1v) is 11.0. The maximum atomic E-state index is 12.9. The maximum absolute atomic E-state index is 12.9. The maximum Gasteiger partial charge on any atom is 0.243 e. The Kier molecular flexibility index (Phi) is 6.35. The topological polar surface area (TPSA) is 102 Å². The van der Waals surface area contributed by atoms with Crippen LogP contribution in [0.25, 0.3) is 0 Å². The molecule has 4 rings (SSSR count). The molecule has 1 aliphatic heterocycles. The van der Waals surface area contributed by atoms with Gasteiger partial charge in [-0.05, 0) is 30.9 Å². The summed E-state index contributed by atoms with van der Waals surface area (Å²) in [7, 11) is 0. The highest BCUT2D eigenvalue weighted by atomic mass is 16.2. The van der Waals surface area contributed by atoms with E-state index in [4.69, 9.17) is 5.41 Å². The van der Waals surface area contributed by atoms with Gasteiger partial charge in [0.1, 0.15) is 11.8 Å². The Morgan fingerprint density at radius 1 is 1.06 bits per heavy atom. The molecule has 3 unspecified atom stereocenters. The normalized spacial score (nSPS) is 21.7. The van der Waals surface area contributed by atoms with Gasteiger partial charge in [0.25, 0.3) is 0 Å². The van der Waals surface area contributed by atoms with E-state index in [1.54, 1.807) is 29.2 Å². The molecule has 0 aromatic heterocycles. The van der Waals surface area contributed by atoms with Crippen molar-refractivity contribution in [3.8, 4) is 0 Å². The zero-order valence-electron chi connectivity index (χ0n) is 18.1. The van der Waals surface area contributed by atoms with Crippen molar-refractivity contribution in [1.29, 1.82) is 5.41 Å². The van der Waals surface area contributed by atoms with Crippen LogP contribution in [0.4, 0.5) is 5.69 Å². The fourth-order valence-corrected chi connectivity index (χ4v) is 4.36. The van der Waals surface area contributed by atoms with Crippen LogP contribution in [0.3, 0.4) is 0 Å². The predicted molar refractivity (Wildman–Crippen MR) is 123 cm³/mol. The van der Waals surface area contributed by atoms with Gasteiger partial charge in [-0.1, -0.05) is 48.5 Å². The average Bonchev–Trinajstić information content (AvgIpc) is 3.39. The summed E-state index contributed by atoms with van der Waals surface area (Å²) in [5.74, 6) is -0.239. The van der Waals surface area contributed by atoms with Crippen molar-refractivity contribution in [1.82, 2.24) is 10.2 Å². The molecule has 32 heavy (non-hydrogen) atoms. The van der Waals surface area contributed by atoms with E-state index in [0.29, 0.717) is 30.1 Å². The number of carbonyl (C=O) groups excluding carboxylic acids is 3. The first kappa shape index (κ1) is 21.7. The number of likely N-dealkylation sites (tertiary alicyclic amines) is 1. The molecule has 3 N–H and O–H groups in total. The molecule has 1 aliphatic carbocycles. The minimum atomic E-state index is -0.452. The van der Waals surface area contributed by atoms with E-state index in [2.05, 4.69) is 22.8 Å². The first-order valence-electron chi connectivity index (χ1n) is 11.0. The second-order valence-electron chi connectivity index (χ2n) is 8.44. The van der Waals surface area contributed by atoms with Crippen LogP contribution in [0, 0.1) is 5.41 Å². The first-order chi connectivity index (χ1) is 15.5. The van der Waals surface area contributed by atoms with Gasteiger partial charge in [-0.25, -0.2) is 0 Å². The van der Waals surface area contributed by atoms with Crippen molar-refractivity contribution in [2.24, 2.45) is 0 Å². The lowest BCUT2D eigenvalue weighted by atomic mass is 10.1. The summed E-state index contributed by atoms with van der Waals surface area (Å²) in [6, 6.07) is 16.8. The van der Waals surface area contributed by atoms with Gasteiger partial charge >= 0.3 is 0 Å². The number of nitrogens with zero attached hydrogens (tertiary/aromatic N) is 1. The third-order valence-electron chi connectivity index (χ3n) is 6.20. The van der Waals surface area contributed by atoms with Gasteiger partial charge < -0.3 is 15.5 Å². The van der Waals surface area contributed by atoms with E-state index >= 15 is 0 Å². The lowest BCUT2D eigenvalue weighted by Crippen LogP contribution is -2.48. The van der Waals surface area contributed by atoms with Gasteiger partial charge in [0.05, 0.1) is 6.54 Å². The van der Waals surface area contributed by atoms with E-state index in [1.807, 2.05) is 18.2 Å². The molecule has 1 heterocycles. The zero-order valence-corrected chi connectivity index (χ0v) is 18.1. The monoisotopic (exact) mass is 432 g/mol. The predicted octanol–water partition coefficient (Wildman–Crippen LogP) is 2.72. The van der Waals surface area contributed by atoms with Gasteiger partial charge in [-0.2, -0.15) is 0 Å². The number of Topliss-reactive ketones (excluding diaryl/α,β-unsaturated/α-hetero) is 1. The van der Waals surface area contributed by atoms with Gasteiger partial charge in [-0.3, -0.25) is 19.8 Å². The third-order valence-corrected chi connectivity index (χ3v) is 6.20. The molecule has 2 aliphatic rings. The van der Waals surface area contributed by atoms with Gasteiger partial charge in [0.15, 0.2) is 5.78 Å². The number of hydrogen-bond acceptors (Lipinski definition) is 5. The summed E-state index contributed by atoms with van der Waals surface area (Å²) in [5.41, 5.74) is 2.15. The van der Waals surface area contributed by atoms with Crippen molar-refractivity contribution in [2.45, 2.75) is 44.2 Å². The number of nitrogens with one attached hydrogen (secondary N) is 3. The summed E-state index contributed by atoms with van der Waals surface area (Å²) < 4.78 is 0. The Balaban J connectivity index is 1.34. The molecule has 2 aromatic rings. The molecule has 2 aromatic carbocycles. The minimum Gasteiger partial charge on any atom is -0.376 e. The Morgan fingerprint density at radius 2 is 1.78 bits per heavy atom. The van der Waals surface area contributed by atoms with Crippen molar-refractivity contribution in [3.05, 3.63) is 65.7 Å². The molecule has 2 amide bonds. The van der Waals surface area contributed by atoms with Crippen LogP contribution in [-0.2, 0) is 14.4 Å². The van der Waals surface area contributed by atoms with Crippen molar-refractivity contribution >= 4 is 29.0 Å². The summed E-state index contributed by atoms with van der Waals surface area (Å²) in [5, 5.41) is 14.1. The van der Waals surface area contributed by atoms with Crippen LogP contribution >= 0.6 is 0 Å². The Morgan fingerprint density at radius 3 is 2.53 bits per heavy atom. The van der Waals surface area contributed by atoms with Crippen molar-refractivity contribution in [3.63, 3.8) is 0 Å². The second kappa shape index (κ2) is 9.34. The van der Waals surface area contributed by atoms with Crippen LogP contribution in [0.15, 0.2) is 54.6 Å². The molecular formula is C25H28N4O3. The summed E-state index contributed by atoms with van der Waals surface area (Å²) in [6.45, 7) is 1.90. The van der Waals surface area contributed by atoms with Crippen LogP contribution in [0.2, 0.25) is 0 Å². The number of para-hydroxylation sites is 1. The van der Waals surface area contributed by atoms with Crippen molar-refractivity contribution < 1.29 is 14.4 Å². The van der Waals surface area contributed by atoms with Crippen molar-refractivity contribution in [2.75, 3.05) is 18.4 Å². The molecule has 7 nitrogen and oxygen atoms in total. The zero-order chi connectivity index (χ0) is 22.7. The lowest BCUT2D eigenvalue weighted by Gasteiger charge is -2.24. The largest absolute Gasteiger partial charge is 0.376 e. The fraction of sp³-hybridized carbons (Fsp3) is 0.360. The molecule has 1 saturated carbocycles. The van der Waals surface area contributed by atoms with E-state index in [0.717, 1.165) is 12.8 Å². The van der Waals surface area contributed by atoms with Crippen LogP contribution in [-0.4, -0.2) is 53.4 Å². The molecule has 2 fully saturated rings. The molecule has 0 bridgehead atoms. The molecule has 0 radical (unpaired) electrons. The molecular weight excluding hydrogens is 404 g/mol. The van der Waals surface area contributed by atoms with E-state index in [1.165, 1.54) is 12.5 Å². The van der Waals surface area contributed by atoms with E-state index < -0.39 is 6.04 Å². The quantitative estimate of drug-likeness (QED) is 0.558. The van der Waals surface area contributed by atoms with Crippen LogP contribution in [0.5, 0.6) is 0 Å². The number of benzene rings is 2. The average molecular weight is 433 g/mol. The van der Waals surface area contributed by atoms with E-state index in [9.17, 15) is 14.4 Å². The van der Waals surface area contributed by atoms with Gasteiger partial charge in [0.2, 0.25) is 11.8 Å². The summed E-state index contributed by atoms with van der Waals surface area (Å²) in [6.07, 6.45) is 2.38.